The van der Waals surface area contributed by atoms with Gasteiger partial charge in [-0.3, -0.25) is 0 Å². The van der Waals surface area contributed by atoms with Gasteiger partial charge in [0.15, 0.2) is 5.82 Å². The molecule has 0 aliphatic carbocycles. The number of alkyl halides is 2. The maximum atomic E-state index is 12.1. The number of hydrogen-bond acceptors (Lipinski definition) is 5. The highest BCUT2D eigenvalue weighted by Crippen LogP contribution is 2.24. The summed E-state index contributed by atoms with van der Waals surface area (Å²) in [6.45, 7) is 0. The molecule has 0 spiro atoms. The monoisotopic (exact) mass is 286 g/mol. The van der Waals surface area contributed by atoms with Crippen LogP contribution in [0.1, 0.15) is 0 Å². The largest absolute Gasteiger partial charge is 0.497 e. The highest BCUT2D eigenvalue weighted by molar-refractivity contribution is 7.99. The van der Waals surface area contributed by atoms with Crippen molar-refractivity contribution in [3.05, 3.63) is 24.3 Å². The van der Waals surface area contributed by atoms with Crippen molar-refractivity contribution in [1.29, 1.82) is 0 Å². The number of aromatic nitrogens is 3. The third-order valence-corrected chi connectivity index (χ3v) is 3.31. The number of thioether (sulfide) groups is 1. The van der Waals surface area contributed by atoms with E-state index >= 15 is 0 Å². The first-order valence-corrected chi connectivity index (χ1v) is 6.36. The summed E-state index contributed by atoms with van der Waals surface area (Å²) in [6.07, 6.45) is -2.41. The highest BCUT2D eigenvalue weighted by atomic mass is 32.2. The molecule has 0 amide bonds. The van der Waals surface area contributed by atoms with Gasteiger partial charge in [0.05, 0.1) is 12.9 Å². The van der Waals surface area contributed by atoms with E-state index in [1.807, 2.05) is 0 Å². The van der Waals surface area contributed by atoms with Gasteiger partial charge in [-0.05, 0) is 24.3 Å². The van der Waals surface area contributed by atoms with E-state index in [1.165, 1.54) is 4.68 Å². The van der Waals surface area contributed by atoms with Gasteiger partial charge in [-0.2, -0.15) is 0 Å². The van der Waals surface area contributed by atoms with E-state index in [-0.39, 0.29) is 10.9 Å². The van der Waals surface area contributed by atoms with Crippen LogP contribution in [0.5, 0.6) is 5.75 Å². The average molecular weight is 286 g/mol. The molecule has 0 bridgehead atoms. The van der Waals surface area contributed by atoms with Crippen LogP contribution in [-0.4, -0.2) is 34.2 Å². The summed E-state index contributed by atoms with van der Waals surface area (Å²) in [7, 11) is 1.57. The molecular formula is C11H12F2N4OS. The van der Waals surface area contributed by atoms with Crippen molar-refractivity contribution < 1.29 is 13.5 Å². The SMILES string of the molecule is COc1ccc(-c2nnc(SCC(F)F)n2N)cc1. The lowest BCUT2D eigenvalue weighted by molar-refractivity contribution is 0.176. The summed E-state index contributed by atoms with van der Waals surface area (Å²) in [6, 6.07) is 7.06. The van der Waals surface area contributed by atoms with Gasteiger partial charge in [-0.1, -0.05) is 11.8 Å². The van der Waals surface area contributed by atoms with E-state index in [0.717, 1.165) is 17.3 Å². The molecule has 1 aromatic carbocycles. The van der Waals surface area contributed by atoms with Gasteiger partial charge in [-0.15, -0.1) is 10.2 Å². The Balaban J connectivity index is 2.20. The van der Waals surface area contributed by atoms with Crippen LogP contribution in [0.2, 0.25) is 0 Å². The number of ether oxygens (including phenoxy) is 1. The van der Waals surface area contributed by atoms with Gasteiger partial charge < -0.3 is 10.6 Å². The van der Waals surface area contributed by atoms with Crippen LogP contribution in [0.15, 0.2) is 29.4 Å². The van der Waals surface area contributed by atoms with Crippen LogP contribution in [0, 0.1) is 0 Å². The van der Waals surface area contributed by atoms with Crippen molar-refractivity contribution in [2.24, 2.45) is 0 Å². The van der Waals surface area contributed by atoms with Crippen LogP contribution in [0.25, 0.3) is 11.4 Å². The van der Waals surface area contributed by atoms with E-state index in [4.69, 9.17) is 10.6 Å². The molecule has 0 aliphatic rings. The number of methoxy groups -OCH3 is 1. The van der Waals surface area contributed by atoms with Crippen molar-refractivity contribution in [3.63, 3.8) is 0 Å². The fourth-order valence-electron chi connectivity index (χ4n) is 1.45. The summed E-state index contributed by atoms with van der Waals surface area (Å²) < 4.78 is 30.5. The quantitative estimate of drug-likeness (QED) is 0.673. The number of benzene rings is 1. The zero-order valence-electron chi connectivity index (χ0n) is 10.1. The van der Waals surface area contributed by atoms with Gasteiger partial charge >= 0.3 is 0 Å². The Labute approximate surface area is 112 Å². The maximum absolute atomic E-state index is 12.1. The summed E-state index contributed by atoms with van der Waals surface area (Å²) in [5, 5.41) is 7.95. The first-order valence-electron chi connectivity index (χ1n) is 5.37. The minimum atomic E-state index is -2.41. The minimum Gasteiger partial charge on any atom is -0.497 e. The zero-order valence-corrected chi connectivity index (χ0v) is 10.9. The number of nitrogens with zero attached hydrogens (tertiary/aromatic N) is 3. The van der Waals surface area contributed by atoms with Gasteiger partial charge in [0, 0.05) is 5.56 Å². The second-order valence-electron chi connectivity index (χ2n) is 3.61. The van der Waals surface area contributed by atoms with Crippen LogP contribution in [-0.2, 0) is 0 Å². The molecular weight excluding hydrogens is 274 g/mol. The molecule has 2 N–H and O–H groups in total. The lowest BCUT2D eigenvalue weighted by atomic mass is 10.2. The first-order chi connectivity index (χ1) is 9.11. The van der Waals surface area contributed by atoms with E-state index in [0.29, 0.717) is 11.6 Å². The molecule has 102 valence electrons. The third-order valence-electron chi connectivity index (χ3n) is 2.35. The molecule has 2 rings (SSSR count). The van der Waals surface area contributed by atoms with Crippen molar-refractivity contribution in [1.82, 2.24) is 14.9 Å². The predicted octanol–water partition coefficient (Wildman–Crippen LogP) is 2.02. The molecule has 0 fully saturated rings. The number of halogens is 2. The Morgan fingerprint density at radius 3 is 2.58 bits per heavy atom. The molecule has 19 heavy (non-hydrogen) atoms. The van der Waals surface area contributed by atoms with Crippen LogP contribution in [0.4, 0.5) is 8.78 Å². The smallest absolute Gasteiger partial charge is 0.248 e. The van der Waals surface area contributed by atoms with E-state index in [9.17, 15) is 8.78 Å². The van der Waals surface area contributed by atoms with Gasteiger partial charge in [0.25, 0.3) is 0 Å². The van der Waals surface area contributed by atoms with E-state index in [1.54, 1.807) is 31.4 Å². The summed E-state index contributed by atoms with van der Waals surface area (Å²) in [4.78, 5) is 0. The Hall–Kier alpha value is -1.83. The normalized spacial score (nSPS) is 10.9. The topological polar surface area (TPSA) is 66.0 Å². The summed E-state index contributed by atoms with van der Waals surface area (Å²) in [5.41, 5.74) is 0.736. The number of rotatable bonds is 5. The van der Waals surface area contributed by atoms with E-state index in [2.05, 4.69) is 10.2 Å². The fourth-order valence-corrected chi connectivity index (χ4v) is 2.05. The molecule has 0 atom stereocenters. The molecule has 2 aromatic rings. The molecule has 1 aromatic heterocycles. The lowest BCUT2D eigenvalue weighted by Gasteiger charge is -2.04. The molecule has 0 saturated heterocycles. The average Bonchev–Trinajstić information content (AvgIpc) is 2.78. The van der Waals surface area contributed by atoms with Crippen LogP contribution in [0.3, 0.4) is 0 Å². The molecule has 0 saturated carbocycles. The summed E-state index contributed by atoms with van der Waals surface area (Å²) in [5.74, 6) is 6.55. The molecule has 0 radical (unpaired) electrons. The molecule has 1 heterocycles. The van der Waals surface area contributed by atoms with E-state index < -0.39 is 6.43 Å². The third kappa shape index (κ3) is 3.14. The number of nitrogens with two attached hydrogens (primary N) is 1. The molecule has 5 nitrogen and oxygen atoms in total. The Bertz CT molecular complexity index is 544. The highest BCUT2D eigenvalue weighted by Gasteiger charge is 2.14. The van der Waals surface area contributed by atoms with Crippen LogP contribution < -0.4 is 10.6 Å². The van der Waals surface area contributed by atoms with Crippen molar-refractivity contribution in [2.75, 3.05) is 18.7 Å². The molecule has 8 heteroatoms. The van der Waals surface area contributed by atoms with Crippen molar-refractivity contribution >= 4 is 11.8 Å². The Morgan fingerprint density at radius 2 is 2.00 bits per heavy atom. The second-order valence-corrected chi connectivity index (χ2v) is 4.59. The van der Waals surface area contributed by atoms with Gasteiger partial charge in [0.1, 0.15) is 5.75 Å². The Morgan fingerprint density at radius 1 is 1.32 bits per heavy atom. The fraction of sp³-hybridized carbons (Fsp3) is 0.273. The van der Waals surface area contributed by atoms with Gasteiger partial charge in [-0.25, -0.2) is 13.5 Å². The summed E-state index contributed by atoms with van der Waals surface area (Å²) >= 11 is 0.868. The number of hydrogen-bond donors (Lipinski definition) is 1. The lowest BCUT2D eigenvalue weighted by Crippen LogP contribution is -2.12. The second kappa shape index (κ2) is 5.87. The number of nitrogen functional groups attached to an aromatic ring is 1. The molecule has 0 unspecified atom stereocenters. The minimum absolute atomic E-state index is 0.256. The maximum Gasteiger partial charge on any atom is 0.248 e. The first kappa shape index (κ1) is 13.6. The predicted molar refractivity (Wildman–Crippen MR) is 68.9 cm³/mol. The van der Waals surface area contributed by atoms with Crippen molar-refractivity contribution in [3.8, 4) is 17.1 Å². The standard InChI is InChI=1S/C11H12F2N4OS/c1-18-8-4-2-7(3-5-8)10-15-16-11(17(10)14)19-6-9(12)13/h2-5,9H,6,14H2,1H3. The van der Waals surface area contributed by atoms with Crippen LogP contribution >= 0.6 is 11.8 Å². The zero-order chi connectivity index (χ0) is 13.8. The Kier molecular flexibility index (Phi) is 4.20. The van der Waals surface area contributed by atoms with Crippen molar-refractivity contribution in [2.45, 2.75) is 11.6 Å². The van der Waals surface area contributed by atoms with Gasteiger partial charge in [0.2, 0.25) is 11.6 Å². The molecule has 0 aliphatic heterocycles.